The molecule has 2 unspecified atom stereocenters. The van der Waals surface area contributed by atoms with Gasteiger partial charge in [0.1, 0.15) is 11.6 Å². The van der Waals surface area contributed by atoms with Crippen molar-refractivity contribution in [3.63, 3.8) is 0 Å². The number of phenols is 1. The number of carbonyl (C=O) groups is 2. The highest BCUT2D eigenvalue weighted by Gasteiger charge is 2.76. The molecule has 1 saturated heterocycles. The van der Waals surface area contributed by atoms with Crippen molar-refractivity contribution in [2.45, 2.75) is 68.0 Å². The van der Waals surface area contributed by atoms with Crippen LogP contribution in [0.3, 0.4) is 0 Å². The first-order valence-electron chi connectivity index (χ1n) is 12.8. The smallest absolute Gasteiger partial charge is 0.225 e. The first-order chi connectivity index (χ1) is 16.9. The van der Waals surface area contributed by atoms with Gasteiger partial charge in [0, 0.05) is 30.7 Å². The molecule has 182 valence electrons. The summed E-state index contributed by atoms with van der Waals surface area (Å²) in [6.45, 7) is 0.968. The van der Waals surface area contributed by atoms with Crippen molar-refractivity contribution in [2.75, 3.05) is 13.1 Å². The first-order valence-corrected chi connectivity index (χ1v) is 12.8. The number of nitrogens with one attached hydrogen (secondary N) is 1. The van der Waals surface area contributed by atoms with Crippen molar-refractivity contribution < 1.29 is 24.1 Å². The van der Waals surface area contributed by atoms with E-state index >= 15 is 0 Å². The highest BCUT2D eigenvalue weighted by molar-refractivity contribution is 5.91. The highest BCUT2D eigenvalue weighted by atomic mass is 16.6. The van der Waals surface area contributed by atoms with Gasteiger partial charge in [0.05, 0.1) is 24.9 Å². The van der Waals surface area contributed by atoms with Gasteiger partial charge in [-0.15, -0.1) is 0 Å². The van der Waals surface area contributed by atoms with Gasteiger partial charge in [0.2, 0.25) is 5.91 Å². The van der Waals surface area contributed by atoms with Crippen LogP contribution in [0.5, 0.6) is 11.5 Å². The Morgan fingerprint density at radius 1 is 1.17 bits per heavy atom. The maximum atomic E-state index is 14.6. The van der Waals surface area contributed by atoms with E-state index in [4.69, 9.17) is 4.74 Å². The zero-order valence-corrected chi connectivity index (χ0v) is 19.7. The lowest BCUT2D eigenvalue weighted by Gasteiger charge is -2.69. The molecule has 2 heterocycles. The number of ether oxygens (including phenoxy) is 1. The third-order valence-electron chi connectivity index (χ3n) is 9.48. The Kier molecular flexibility index (Phi) is 4.32. The van der Waals surface area contributed by atoms with Crippen molar-refractivity contribution >= 4 is 11.7 Å². The lowest BCUT2D eigenvalue weighted by molar-refractivity contribution is -0.920. The molecular formula is C28H30N2O5. The van der Waals surface area contributed by atoms with Crippen LogP contribution in [0, 0.1) is 11.1 Å². The molecule has 1 spiro atoms. The van der Waals surface area contributed by atoms with E-state index in [-0.39, 0.29) is 34.9 Å². The SMILES string of the molecule is O=C(Cc1ccccc1)N[C@@]12CCC(=O)C3Oc4c(O)ccc5c4[C@@]31CC[N+]([O-])(CC1CC1)[C@@H]2C5. The molecule has 5 aliphatic rings. The minimum absolute atomic E-state index is 0.00627. The van der Waals surface area contributed by atoms with E-state index in [0.29, 0.717) is 44.0 Å². The molecule has 5 atom stereocenters. The summed E-state index contributed by atoms with van der Waals surface area (Å²) in [5.41, 5.74) is 1.02. The fraction of sp³-hybridized carbons (Fsp3) is 0.500. The number of likely N-dealkylation sites (tertiary alicyclic amines) is 1. The standard InChI is InChI=1S/C28H30N2O5/c31-20-9-8-19-15-22-28(29-23(33)14-17-4-2-1-3-5-17)11-10-21(32)26-27(28,24(19)25(20)35-26)12-13-30(22,34)16-18-6-7-18/h1-5,8-9,18,22,26,31H,6-7,10-16H2,(H,29,33)/t22-,26?,27+,28-,30?/m1/s1. The summed E-state index contributed by atoms with van der Waals surface area (Å²) in [7, 11) is 0. The van der Waals surface area contributed by atoms with Gasteiger partial charge in [0.15, 0.2) is 23.4 Å². The molecule has 2 saturated carbocycles. The molecule has 7 rings (SSSR count). The number of Topliss-reactive ketones (excluding diaryl/α,β-unsaturated/α-hetero) is 1. The topological polar surface area (TPSA) is 98.7 Å². The minimum atomic E-state index is -0.891. The maximum Gasteiger partial charge on any atom is 0.225 e. The summed E-state index contributed by atoms with van der Waals surface area (Å²) in [6, 6.07) is 12.7. The fourth-order valence-electron chi connectivity index (χ4n) is 7.92. The molecule has 3 fully saturated rings. The Balaban J connectivity index is 1.39. The van der Waals surface area contributed by atoms with Crippen molar-refractivity contribution in [1.82, 2.24) is 5.32 Å². The number of quaternary nitrogens is 1. The number of phenolic OH excluding ortho intramolecular Hbond substituents is 1. The van der Waals surface area contributed by atoms with Crippen molar-refractivity contribution in [1.29, 1.82) is 0 Å². The zero-order valence-electron chi connectivity index (χ0n) is 19.7. The molecule has 2 bridgehead atoms. The molecule has 2 aromatic carbocycles. The number of carbonyl (C=O) groups excluding carboxylic acids is 2. The molecule has 0 aromatic heterocycles. The van der Waals surface area contributed by atoms with Gasteiger partial charge in [-0.2, -0.15) is 0 Å². The van der Waals surface area contributed by atoms with Gasteiger partial charge in [-0.3, -0.25) is 9.59 Å². The summed E-state index contributed by atoms with van der Waals surface area (Å²) in [5, 5.41) is 28.7. The lowest BCUT2D eigenvalue weighted by Crippen LogP contribution is -2.85. The summed E-state index contributed by atoms with van der Waals surface area (Å²) in [4.78, 5) is 26.9. The largest absolute Gasteiger partial charge is 0.633 e. The van der Waals surface area contributed by atoms with Gasteiger partial charge in [-0.05, 0) is 36.5 Å². The minimum Gasteiger partial charge on any atom is -0.633 e. The monoisotopic (exact) mass is 474 g/mol. The van der Waals surface area contributed by atoms with Crippen LogP contribution in [0.25, 0.3) is 0 Å². The van der Waals surface area contributed by atoms with Crippen LogP contribution in [-0.4, -0.2) is 52.2 Å². The van der Waals surface area contributed by atoms with Gasteiger partial charge < -0.3 is 25.0 Å². The predicted molar refractivity (Wildman–Crippen MR) is 128 cm³/mol. The average molecular weight is 475 g/mol. The summed E-state index contributed by atoms with van der Waals surface area (Å²) >= 11 is 0. The number of hydrogen-bond acceptors (Lipinski definition) is 5. The van der Waals surface area contributed by atoms with Crippen molar-refractivity contribution in [2.24, 2.45) is 5.92 Å². The van der Waals surface area contributed by atoms with Crippen LogP contribution in [0.4, 0.5) is 0 Å². The van der Waals surface area contributed by atoms with Crippen LogP contribution < -0.4 is 10.1 Å². The Labute approximate surface area is 204 Å². The van der Waals surface area contributed by atoms with Crippen molar-refractivity contribution in [3.05, 3.63) is 64.4 Å². The first kappa shape index (κ1) is 21.4. The van der Waals surface area contributed by atoms with Crippen LogP contribution in [0.15, 0.2) is 42.5 Å². The zero-order chi connectivity index (χ0) is 24.0. The second-order valence-electron chi connectivity index (χ2n) is 11.3. The molecule has 2 N–H and O–H groups in total. The molecular weight excluding hydrogens is 444 g/mol. The summed E-state index contributed by atoms with van der Waals surface area (Å²) in [5.74, 6) is 0.695. The fourth-order valence-corrected chi connectivity index (χ4v) is 7.92. The third-order valence-corrected chi connectivity index (χ3v) is 9.48. The maximum absolute atomic E-state index is 14.6. The Hall–Kier alpha value is -2.90. The number of nitrogens with zero attached hydrogens (tertiary/aromatic N) is 1. The van der Waals surface area contributed by atoms with Crippen LogP contribution in [0.1, 0.15) is 48.8 Å². The van der Waals surface area contributed by atoms with E-state index in [9.17, 15) is 19.9 Å². The number of hydrogen-bond donors (Lipinski definition) is 2. The van der Waals surface area contributed by atoms with E-state index in [1.54, 1.807) is 6.07 Å². The molecule has 1 amide bonds. The molecule has 7 nitrogen and oxygen atoms in total. The molecule has 2 aliphatic heterocycles. The van der Waals surface area contributed by atoms with Crippen LogP contribution in [-0.2, 0) is 27.8 Å². The summed E-state index contributed by atoms with van der Waals surface area (Å²) < 4.78 is 5.92. The number of hydroxylamine groups is 3. The van der Waals surface area contributed by atoms with Gasteiger partial charge in [-0.1, -0.05) is 36.4 Å². The number of piperidine rings is 1. The number of benzene rings is 2. The molecule has 3 aliphatic carbocycles. The van der Waals surface area contributed by atoms with Gasteiger partial charge in [-0.25, -0.2) is 0 Å². The normalized spacial score (nSPS) is 36.3. The summed E-state index contributed by atoms with van der Waals surface area (Å²) in [6.07, 6.45) is 3.26. The molecule has 35 heavy (non-hydrogen) atoms. The number of aromatic hydroxyl groups is 1. The Morgan fingerprint density at radius 3 is 2.74 bits per heavy atom. The highest BCUT2D eigenvalue weighted by Crippen LogP contribution is 2.66. The van der Waals surface area contributed by atoms with E-state index < -0.39 is 23.1 Å². The van der Waals surface area contributed by atoms with Gasteiger partial charge in [0.25, 0.3) is 0 Å². The average Bonchev–Trinajstić information content (AvgIpc) is 3.56. The van der Waals surface area contributed by atoms with E-state index in [1.807, 2.05) is 36.4 Å². The Morgan fingerprint density at radius 2 is 1.97 bits per heavy atom. The Bertz CT molecular complexity index is 1240. The molecule has 2 aromatic rings. The number of ketones is 1. The second kappa shape index (κ2) is 7.08. The number of rotatable bonds is 5. The lowest BCUT2D eigenvalue weighted by atomic mass is 9.47. The molecule has 0 radical (unpaired) electrons. The van der Waals surface area contributed by atoms with E-state index in [0.717, 1.165) is 29.5 Å². The number of amides is 1. The second-order valence-corrected chi connectivity index (χ2v) is 11.3. The third kappa shape index (κ3) is 2.79. The van der Waals surface area contributed by atoms with Crippen LogP contribution in [0.2, 0.25) is 0 Å². The van der Waals surface area contributed by atoms with E-state index in [2.05, 4.69) is 5.32 Å². The quantitative estimate of drug-likeness (QED) is 0.513. The van der Waals surface area contributed by atoms with Gasteiger partial charge >= 0.3 is 0 Å². The van der Waals surface area contributed by atoms with Crippen molar-refractivity contribution in [3.8, 4) is 11.5 Å². The molecule has 7 heteroatoms. The predicted octanol–water partition coefficient (Wildman–Crippen LogP) is 2.90. The van der Waals surface area contributed by atoms with Crippen LogP contribution >= 0.6 is 0 Å². The van der Waals surface area contributed by atoms with E-state index in [1.165, 1.54) is 0 Å².